The van der Waals surface area contributed by atoms with E-state index in [0.717, 1.165) is 43.0 Å². The van der Waals surface area contributed by atoms with E-state index < -0.39 is 5.60 Å². The van der Waals surface area contributed by atoms with Crippen LogP contribution in [0.5, 0.6) is 0 Å². The van der Waals surface area contributed by atoms with Gasteiger partial charge in [0.25, 0.3) is 0 Å². The van der Waals surface area contributed by atoms with Crippen LogP contribution in [0.4, 0.5) is 4.79 Å². The van der Waals surface area contributed by atoms with Crippen molar-refractivity contribution in [1.29, 1.82) is 0 Å². The molecule has 2 aliphatic rings. The van der Waals surface area contributed by atoms with Crippen molar-refractivity contribution >= 4 is 6.03 Å². The van der Waals surface area contributed by atoms with Crippen molar-refractivity contribution in [2.75, 3.05) is 40.3 Å². The Morgan fingerprint density at radius 1 is 1.14 bits per heavy atom. The summed E-state index contributed by atoms with van der Waals surface area (Å²) in [6.07, 6.45) is 5.17. The Bertz CT molecular complexity index is 842. The number of carbonyl (C=O) groups is 1. The van der Waals surface area contributed by atoms with Gasteiger partial charge in [0.1, 0.15) is 0 Å². The fourth-order valence-electron chi connectivity index (χ4n) is 4.40. The predicted molar refractivity (Wildman–Crippen MR) is 111 cm³/mol. The predicted octanol–water partition coefficient (Wildman–Crippen LogP) is 2.08. The van der Waals surface area contributed by atoms with Gasteiger partial charge in [0, 0.05) is 76.3 Å². The number of amides is 2. The molecule has 7 nitrogen and oxygen atoms in total. The van der Waals surface area contributed by atoms with Crippen molar-refractivity contribution in [3.63, 3.8) is 0 Å². The topological polar surface area (TPSA) is 72.8 Å². The number of urea groups is 1. The monoisotopic (exact) mass is 395 g/mol. The van der Waals surface area contributed by atoms with Crippen molar-refractivity contribution in [3.05, 3.63) is 48.3 Å². The third kappa shape index (κ3) is 4.26. The van der Waals surface area contributed by atoms with Crippen LogP contribution in [0.15, 0.2) is 42.7 Å². The second-order valence-corrected chi connectivity index (χ2v) is 8.44. The van der Waals surface area contributed by atoms with Gasteiger partial charge in [-0.2, -0.15) is 0 Å². The molecule has 2 fully saturated rings. The number of fused-ring (bicyclic) bond motifs is 1. The number of rotatable bonds is 3. The largest absolute Gasteiger partial charge is 0.389 e. The van der Waals surface area contributed by atoms with Crippen molar-refractivity contribution < 1.29 is 9.90 Å². The van der Waals surface area contributed by atoms with Crippen molar-refractivity contribution in [2.24, 2.45) is 5.92 Å². The molecule has 154 valence electrons. The van der Waals surface area contributed by atoms with Crippen molar-refractivity contribution in [3.8, 4) is 11.4 Å². The van der Waals surface area contributed by atoms with Crippen LogP contribution < -0.4 is 0 Å². The molecule has 0 unspecified atom stereocenters. The lowest BCUT2D eigenvalue weighted by Crippen LogP contribution is -2.61. The number of piperidine rings is 2. The second-order valence-electron chi connectivity index (χ2n) is 8.44. The third-order valence-corrected chi connectivity index (χ3v) is 6.15. The Morgan fingerprint density at radius 3 is 2.52 bits per heavy atom. The fraction of sp³-hybridized carbons (Fsp3) is 0.500. The maximum atomic E-state index is 12.3. The maximum Gasteiger partial charge on any atom is 0.319 e. The summed E-state index contributed by atoms with van der Waals surface area (Å²) in [7, 11) is 3.55. The summed E-state index contributed by atoms with van der Waals surface area (Å²) in [4.78, 5) is 27.2. The first-order valence-corrected chi connectivity index (χ1v) is 10.2. The first-order valence-electron chi connectivity index (χ1n) is 10.2. The molecule has 1 N–H and O–H groups in total. The van der Waals surface area contributed by atoms with Gasteiger partial charge in [-0.1, -0.05) is 30.3 Å². The van der Waals surface area contributed by atoms with Crippen LogP contribution >= 0.6 is 0 Å². The molecule has 0 aliphatic carbocycles. The first kappa shape index (κ1) is 19.8. The normalized spacial score (nSPS) is 24.8. The zero-order chi connectivity index (χ0) is 20.4. The molecule has 4 rings (SSSR count). The van der Waals surface area contributed by atoms with Gasteiger partial charge in [-0.25, -0.2) is 14.8 Å². The summed E-state index contributed by atoms with van der Waals surface area (Å²) >= 11 is 0. The van der Waals surface area contributed by atoms with Crippen molar-refractivity contribution in [1.82, 2.24) is 24.7 Å². The van der Waals surface area contributed by atoms with Crippen LogP contribution in [-0.4, -0.2) is 81.7 Å². The minimum atomic E-state index is -0.659. The van der Waals surface area contributed by atoms with Gasteiger partial charge in [-0.3, -0.25) is 4.90 Å². The quantitative estimate of drug-likeness (QED) is 0.862. The zero-order valence-electron chi connectivity index (χ0n) is 17.2. The number of benzene rings is 1. The van der Waals surface area contributed by atoms with E-state index >= 15 is 0 Å². The fourth-order valence-corrected chi connectivity index (χ4v) is 4.40. The minimum absolute atomic E-state index is 0.0223. The van der Waals surface area contributed by atoms with Gasteiger partial charge < -0.3 is 14.9 Å². The van der Waals surface area contributed by atoms with E-state index in [2.05, 4.69) is 14.9 Å². The van der Waals surface area contributed by atoms with E-state index in [1.807, 2.05) is 47.6 Å². The Labute approximate surface area is 172 Å². The Kier molecular flexibility index (Phi) is 5.52. The number of aliphatic hydroxyl groups is 1. The highest BCUT2D eigenvalue weighted by Crippen LogP contribution is 2.36. The summed E-state index contributed by atoms with van der Waals surface area (Å²) in [6.45, 7) is 3.60. The molecular formula is C22H29N5O2. The molecule has 2 aromatic rings. The number of nitrogens with zero attached hydrogens (tertiary/aromatic N) is 5. The standard InChI is InChI=1S/C22H29N5O2/c1-25(2)21(28)27-11-9-22(29)8-10-26(15-19(22)16-27)14-17-12-23-20(24-13-17)18-6-4-3-5-7-18/h3-7,12-13,19,29H,8-11,14-16H2,1-2H3/t19-,22-/m1/s1. The van der Waals surface area contributed by atoms with Gasteiger partial charge in [-0.05, 0) is 12.8 Å². The highest BCUT2D eigenvalue weighted by atomic mass is 16.3. The van der Waals surface area contributed by atoms with Crippen LogP contribution in [0.3, 0.4) is 0 Å². The summed E-state index contributed by atoms with van der Waals surface area (Å²) < 4.78 is 0. The van der Waals surface area contributed by atoms with Crippen molar-refractivity contribution in [2.45, 2.75) is 25.0 Å². The lowest BCUT2D eigenvalue weighted by Gasteiger charge is -2.50. The smallest absolute Gasteiger partial charge is 0.319 e. The molecule has 0 bridgehead atoms. The Balaban J connectivity index is 1.40. The summed E-state index contributed by atoms with van der Waals surface area (Å²) in [5.74, 6) is 0.797. The SMILES string of the molecule is CN(C)C(=O)N1CC[C@]2(O)CCN(Cc3cnc(-c4ccccc4)nc3)C[C@@H]2C1. The average Bonchev–Trinajstić information content (AvgIpc) is 2.74. The number of aromatic nitrogens is 2. The second kappa shape index (κ2) is 8.08. The van der Waals surface area contributed by atoms with Crippen LogP contribution in [0.1, 0.15) is 18.4 Å². The van der Waals surface area contributed by atoms with Crippen LogP contribution in [0.25, 0.3) is 11.4 Å². The van der Waals surface area contributed by atoms with E-state index in [1.165, 1.54) is 0 Å². The number of carbonyl (C=O) groups excluding carboxylic acids is 1. The molecule has 1 aromatic carbocycles. The molecule has 29 heavy (non-hydrogen) atoms. The highest BCUT2D eigenvalue weighted by molar-refractivity contribution is 5.74. The molecule has 0 radical (unpaired) electrons. The molecule has 1 aromatic heterocycles. The molecule has 0 spiro atoms. The van der Waals surface area contributed by atoms with E-state index in [4.69, 9.17) is 0 Å². The molecular weight excluding hydrogens is 366 g/mol. The number of likely N-dealkylation sites (tertiary alicyclic amines) is 2. The average molecular weight is 396 g/mol. The zero-order valence-corrected chi connectivity index (χ0v) is 17.2. The van der Waals surface area contributed by atoms with Crippen LogP contribution in [-0.2, 0) is 6.54 Å². The molecule has 2 saturated heterocycles. The molecule has 7 heteroatoms. The van der Waals surface area contributed by atoms with E-state index in [9.17, 15) is 9.90 Å². The Hall–Kier alpha value is -2.51. The number of hydrogen-bond donors (Lipinski definition) is 1. The number of hydrogen-bond acceptors (Lipinski definition) is 5. The van der Waals surface area contributed by atoms with Gasteiger partial charge in [0.05, 0.1) is 5.60 Å². The van der Waals surface area contributed by atoms with Gasteiger partial charge >= 0.3 is 6.03 Å². The van der Waals surface area contributed by atoms with Gasteiger partial charge in [0.15, 0.2) is 5.82 Å². The maximum absolute atomic E-state index is 12.3. The summed E-state index contributed by atoms with van der Waals surface area (Å²) in [5, 5.41) is 11.1. The van der Waals surface area contributed by atoms with E-state index in [1.54, 1.807) is 19.0 Å². The van der Waals surface area contributed by atoms with Gasteiger partial charge in [-0.15, -0.1) is 0 Å². The molecule has 0 saturated carbocycles. The first-order chi connectivity index (χ1) is 13.9. The molecule has 3 heterocycles. The Morgan fingerprint density at radius 2 is 1.83 bits per heavy atom. The molecule has 2 amide bonds. The van der Waals surface area contributed by atoms with E-state index in [-0.39, 0.29) is 11.9 Å². The van der Waals surface area contributed by atoms with Gasteiger partial charge in [0.2, 0.25) is 0 Å². The highest BCUT2D eigenvalue weighted by Gasteiger charge is 2.46. The summed E-state index contributed by atoms with van der Waals surface area (Å²) in [6, 6.07) is 9.98. The molecule has 2 aliphatic heterocycles. The lowest BCUT2D eigenvalue weighted by molar-refractivity contribution is -0.108. The van der Waals surface area contributed by atoms with Crippen LogP contribution in [0.2, 0.25) is 0 Å². The third-order valence-electron chi connectivity index (χ3n) is 6.15. The van der Waals surface area contributed by atoms with Crippen LogP contribution in [0, 0.1) is 5.92 Å². The summed E-state index contributed by atoms with van der Waals surface area (Å²) in [5.41, 5.74) is 1.41. The lowest BCUT2D eigenvalue weighted by atomic mass is 9.75. The minimum Gasteiger partial charge on any atom is -0.389 e. The molecule has 2 atom stereocenters. The van der Waals surface area contributed by atoms with E-state index in [0.29, 0.717) is 19.5 Å².